The van der Waals surface area contributed by atoms with E-state index in [-0.39, 0.29) is 0 Å². The number of carboxylic acids is 3. The summed E-state index contributed by atoms with van der Waals surface area (Å²) in [5, 5.41) is 46.0. The van der Waals surface area contributed by atoms with Gasteiger partial charge in [-0.1, -0.05) is 6.92 Å². The maximum absolute atomic E-state index is 10.3. The van der Waals surface area contributed by atoms with E-state index >= 15 is 0 Å². The van der Waals surface area contributed by atoms with Crippen LogP contribution in [0.2, 0.25) is 0 Å². The molecule has 0 aromatic carbocycles. The van der Waals surface area contributed by atoms with Crippen molar-refractivity contribution in [3.8, 4) is 0 Å². The average Bonchev–Trinajstić information content (AvgIpc) is 2.27. The number of carboxylic acid groups (broad SMARTS) is 3. The zero-order valence-electron chi connectivity index (χ0n) is 12.3. The molecule has 0 radical (unpaired) electrons. The highest BCUT2D eigenvalue weighted by atomic mass is 16.4. The van der Waals surface area contributed by atoms with Crippen molar-refractivity contribution < 1.29 is 39.9 Å². The highest BCUT2D eigenvalue weighted by molar-refractivity contribution is 5.88. The summed E-state index contributed by atoms with van der Waals surface area (Å²) in [5.41, 5.74) is -3.26. The number of nitrogens with one attached hydrogen (secondary N) is 1. The number of aliphatic hydroxyl groups is 2. The third-order valence-corrected chi connectivity index (χ3v) is 2.60. The number of hydrogen-bond donors (Lipinski definition) is 6. The highest BCUT2D eigenvalue weighted by Crippen LogP contribution is 2.15. The summed E-state index contributed by atoms with van der Waals surface area (Å²) in [6, 6.07) is 0. The molecule has 0 spiro atoms. The fourth-order valence-corrected chi connectivity index (χ4v) is 1.22. The molecule has 0 aromatic heterocycles. The van der Waals surface area contributed by atoms with E-state index < -0.39 is 42.0 Å². The Morgan fingerprint density at radius 3 is 1.52 bits per heavy atom. The molecule has 0 aliphatic heterocycles. The van der Waals surface area contributed by atoms with E-state index in [0.717, 1.165) is 6.42 Å². The predicted molar refractivity (Wildman–Crippen MR) is 71.9 cm³/mol. The van der Waals surface area contributed by atoms with Gasteiger partial charge in [-0.25, -0.2) is 4.79 Å². The number of likely N-dealkylation sites (N-methyl/N-ethyl adjacent to an activating group) is 1. The quantitative estimate of drug-likeness (QED) is 0.334. The molecule has 0 aromatic rings. The summed E-state index contributed by atoms with van der Waals surface area (Å²) in [6.07, 6.45) is -1.49. The fourth-order valence-electron chi connectivity index (χ4n) is 1.22. The normalized spacial score (nSPS) is 13.6. The van der Waals surface area contributed by atoms with Gasteiger partial charge in [-0.05, 0) is 20.4 Å². The van der Waals surface area contributed by atoms with Gasteiger partial charge in [-0.3, -0.25) is 9.59 Å². The Bertz CT molecular complexity index is 350. The molecule has 0 saturated carbocycles. The van der Waals surface area contributed by atoms with Gasteiger partial charge in [0.1, 0.15) is 0 Å². The molecular formula is C12H23NO8. The molecule has 0 rings (SSSR count). The van der Waals surface area contributed by atoms with Gasteiger partial charge in [-0.15, -0.1) is 0 Å². The molecule has 0 heterocycles. The molecule has 1 unspecified atom stereocenters. The Balaban J connectivity index is 0. The van der Waals surface area contributed by atoms with Gasteiger partial charge in [0.05, 0.1) is 18.4 Å². The molecule has 0 fully saturated rings. The minimum absolute atomic E-state index is 0.519. The van der Waals surface area contributed by atoms with E-state index in [1.165, 1.54) is 0 Å². The maximum atomic E-state index is 10.3. The standard InChI is InChI=1S/C6H15NO.C6H8O7/c1-4-6(2,8)5-7-3;7-3(8)1-6(13,5(11)12)2-4(9)10/h7-8H,4-5H2,1-3H3;13H,1-2H2,(H,7,8)(H,9,10)(H,11,12). The van der Waals surface area contributed by atoms with Crippen LogP contribution in [-0.4, -0.2) is 68.2 Å². The van der Waals surface area contributed by atoms with Gasteiger partial charge in [0.25, 0.3) is 0 Å². The van der Waals surface area contributed by atoms with E-state index in [1.54, 1.807) is 0 Å². The molecule has 9 nitrogen and oxygen atoms in total. The average molecular weight is 309 g/mol. The first-order chi connectivity index (χ1) is 9.40. The predicted octanol–water partition coefficient (Wildman–Crippen LogP) is -0.882. The fraction of sp³-hybridized carbons (Fsp3) is 0.750. The van der Waals surface area contributed by atoms with E-state index in [0.29, 0.717) is 6.54 Å². The molecule has 0 amide bonds. The summed E-state index contributed by atoms with van der Waals surface area (Å²) < 4.78 is 0. The van der Waals surface area contributed by atoms with Crippen LogP contribution in [0.15, 0.2) is 0 Å². The van der Waals surface area contributed by atoms with Crippen LogP contribution in [0, 0.1) is 0 Å². The van der Waals surface area contributed by atoms with Crippen LogP contribution in [0.4, 0.5) is 0 Å². The van der Waals surface area contributed by atoms with Crippen molar-refractivity contribution in [1.29, 1.82) is 0 Å². The monoisotopic (exact) mass is 309 g/mol. The first-order valence-electron chi connectivity index (χ1n) is 6.16. The van der Waals surface area contributed by atoms with Crippen molar-refractivity contribution in [3.63, 3.8) is 0 Å². The molecule has 21 heavy (non-hydrogen) atoms. The number of carbonyl (C=O) groups is 3. The number of rotatable bonds is 8. The maximum Gasteiger partial charge on any atom is 0.336 e. The van der Waals surface area contributed by atoms with E-state index in [1.807, 2.05) is 20.9 Å². The zero-order valence-corrected chi connectivity index (χ0v) is 12.3. The number of aliphatic carboxylic acids is 3. The lowest BCUT2D eigenvalue weighted by atomic mass is 9.96. The Labute approximate surface area is 122 Å². The second-order valence-corrected chi connectivity index (χ2v) is 4.86. The van der Waals surface area contributed by atoms with Crippen molar-refractivity contribution in [1.82, 2.24) is 5.32 Å². The van der Waals surface area contributed by atoms with Gasteiger partial charge in [0, 0.05) is 6.54 Å². The second kappa shape index (κ2) is 9.27. The highest BCUT2D eigenvalue weighted by Gasteiger charge is 2.40. The van der Waals surface area contributed by atoms with Crippen molar-refractivity contribution in [2.75, 3.05) is 13.6 Å². The second-order valence-electron chi connectivity index (χ2n) is 4.86. The molecule has 124 valence electrons. The third kappa shape index (κ3) is 10.7. The van der Waals surface area contributed by atoms with Crippen molar-refractivity contribution in [3.05, 3.63) is 0 Å². The minimum atomic E-state index is -2.74. The topological polar surface area (TPSA) is 164 Å². The van der Waals surface area contributed by atoms with E-state index in [4.69, 9.17) is 20.4 Å². The zero-order chi connectivity index (χ0) is 17.3. The molecule has 0 aliphatic carbocycles. The smallest absolute Gasteiger partial charge is 0.336 e. The lowest BCUT2D eigenvalue weighted by Crippen LogP contribution is -2.42. The summed E-state index contributed by atoms with van der Waals surface area (Å²) in [4.78, 5) is 30.5. The van der Waals surface area contributed by atoms with Crippen molar-refractivity contribution in [2.45, 2.75) is 44.3 Å². The Kier molecular flexibility index (Phi) is 9.53. The summed E-state index contributed by atoms with van der Waals surface area (Å²) >= 11 is 0. The van der Waals surface area contributed by atoms with Crippen LogP contribution in [-0.2, 0) is 14.4 Å². The minimum Gasteiger partial charge on any atom is -0.481 e. The SMILES string of the molecule is CCC(C)(O)CNC.O=C(O)CC(O)(CC(=O)O)C(=O)O. The molecule has 9 heteroatoms. The third-order valence-electron chi connectivity index (χ3n) is 2.60. The molecule has 0 aliphatic rings. The first kappa shape index (κ1) is 21.6. The van der Waals surface area contributed by atoms with E-state index in [9.17, 15) is 19.5 Å². The van der Waals surface area contributed by atoms with Crippen LogP contribution >= 0.6 is 0 Å². The molecule has 6 N–H and O–H groups in total. The van der Waals surface area contributed by atoms with Crippen LogP contribution in [0.25, 0.3) is 0 Å². The Morgan fingerprint density at radius 1 is 1.00 bits per heavy atom. The molecule has 0 saturated heterocycles. The Hall–Kier alpha value is -1.71. The van der Waals surface area contributed by atoms with Gasteiger partial charge >= 0.3 is 17.9 Å². The van der Waals surface area contributed by atoms with Crippen LogP contribution in [0.3, 0.4) is 0 Å². The van der Waals surface area contributed by atoms with Gasteiger partial charge < -0.3 is 30.8 Å². The summed E-state index contributed by atoms with van der Waals surface area (Å²) in [6.45, 7) is 4.46. The molecule has 1 atom stereocenters. The first-order valence-corrected chi connectivity index (χ1v) is 6.16. The van der Waals surface area contributed by atoms with Gasteiger partial charge in [0.15, 0.2) is 5.60 Å². The molecular weight excluding hydrogens is 286 g/mol. The lowest BCUT2D eigenvalue weighted by Gasteiger charge is -2.19. The number of hydrogen-bond acceptors (Lipinski definition) is 6. The summed E-state index contributed by atoms with van der Waals surface area (Å²) in [5.74, 6) is -5.02. The van der Waals surface area contributed by atoms with E-state index in [2.05, 4.69) is 5.32 Å². The van der Waals surface area contributed by atoms with Crippen LogP contribution in [0.1, 0.15) is 33.1 Å². The summed E-state index contributed by atoms with van der Waals surface area (Å²) in [7, 11) is 1.84. The van der Waals surface area contributed by atoms with Crippen LogP contribution in [0.5, 0.6) is 0 Å². The van der Waals surface area contributed by atoms with Gasteiger partial charge in [-0.2, -0.15) is 0 Å². The lowest BCUT2D eigenvalue weighted by molar-refractivity contribution is -0.170. The molecule has 0 bridgehead atoms. The van der Waals surface area contributed by atoms with Gasteiger partial charge in [0.2, 0.25) is 0 Å². The van der Waals surface area contributed by atoms with Crippen molar-refractivity contribution >= 4 is 17.9 Å². The van der Waals surface area contributed by atoms with Crippen LogP contribution < -0.4 is 5.32 Å². The largest absolute Gasteiger partial charge is 0.481 e. The Morgan fingerprint density at radius 2 is 1.38 bits per heavy atom. The van der Waals surface area contributed by atoms with Crippen molar-refractivity contribution in [2.24, 2.45) is 0 Å².